The molecule has 1 aliphatic rings. The van der Waals surface area contributed by atoms with E-state index in [4.69, 9.17) is 9.47 Å². The molecule has 1 aliphatic heterocycles. The number of para-hydroxylation sites is 1. The monoisotopic (exact) mass is 418 g/mol. The Kier molecular flexibility index (Phi) is 7.12. The van der Waals surface area contributed by atoms with Crippen molar-refractivity contribution in [3.63, 3.8) is 0 Å². The highest BCUT2D eigenvalue weighted by molar-refractivity contribution is 5.92. The Morgan fingerprint density at radius 2 is 1.83 bits per heavy atom. The van der Waals surface area contributed by atoms with Gasteiger partial charge in [0.1, 0.15) is 22.9 Å². The number of carbonyl (C=O) groups is 3. The van der Waals surface area contributed by atoms with Crippen molar-refractivity contribution < 1.29 is 29.0 Å². The van der Waals surface area contributed by atoms with Gasteiger partial charge in [0.05, 0.1) is 6.61 Å². The molecule has 0 spiro atoms. The minimum absolute atomic E-state index is 0.126. The van der Waals surface area contributed by atoms with Gasteiger partial charge >= 0.3 is 12.1 Å². The third-order valence-corrected chi connectivity index (χ3v) is 4.41. The molecule has 0 aromatic heterocycles. The lowest BCUT2D eigenvalue weighted by Gasteiger charge is -2.29. The number of alkyl carbamates (subject to hydrolysis) is 1. The van der Waals surface area contributed by atoms with Crippen molar-refractivity contribution in [3.05, 3.63) is 35.4 Å². The molecule has 0 aliphatic carbocycles. The molecular formula is C22H30N2O6. The SMILES string of the molecule is CC(C)(C)OC(=O)NC(C)(C)C(=O)NC(CC1=Cc2ccccc2OCC1)C(=O)O. The number of rotatable bonds is 6. The van der Waals surface area contributed by atoms with Crippen molar-refractivity contribution in [1.29, 1.82) is 0 Å². The Morgan fingerprint density at radius 3 is 2.47 bits per heavy atom. The molecule has 1 atom stereocenters. The molecule has 8 nitrogen and oxygen atoms in total. The summed E-state index contributed by atoms with van der Waals surface area (Å²) < 4.78 is 10.9. The summed E-state index contributed by atoms with van der Waals surface area (Å²) in [6, 6.07) is 6.35. The molecule has 0 radical (unpaired) electrons. The van der Waals surface area contributed by atoms with E-state index < -0.39 is 35.2 Å². The summed E-state index contributed by atoms with van der Waals surface area (Å²) in [5, 5.41) is 14.6. The second-order valence-corrected chi connectivity index (χ2v) is 8.76. The molecule has 0 saturated heterocycles. The highest BCUT2D eigenvalue weighted by Crippen LogP contribution is 2.27. The fourth-order valence-electron chi connectivity index (χ4n) is 2.89. The summed E-state index contributed by atoms with van der Waals surface area (Å²) in [7, 11) is 0. The van der Waals surface area contributed by atoms with E-state index in [2.05, 4.69) is 10.6 Å². The fraction of sp³-hybridized carbons (Fsp3) is 0.500. The van der Waals surface area contributed by atoms with E-state index in [1.807, 2.05) is 30.3 Å². The van der Waals surface area contributed by atoms with Crippen LogP contribution in [-0.2, 0) is 14.3 Å². The maximum Gasteiger partial charge on any atom is 0.408 e. The molecule has 164 valence electrons. The Balaban J connectivity index is 2.08. The molecule has 0 saturated carbocycles. The minimum atomic E-state index is -1.36. The van der Waals surface area contributed by atoms with Gasteiger partial charge in [0.2, 0.25) is 5.91 Å². The average molecular weight is 418 g/mol. The van der Waals surface area contributed by atoms with Crippen LogP contribution in [0.5, 0.6) is 5.75 Å². The highest BCUT2D eigenvalue weighted by Gasteiger charge is 2.34. The first-order valence-corrected chi connectivity index (χ1v) is 9.83. The molecule has 3 N–H and O–H groups in total. The quantitative estimate of drug-likeness (QED) is 0.654. The molecule has 0 fully saturated rings. The lowest BCUT2D eigenvalue weighted by atomic mass is 9.99. The van der Waals surface area contributed by atoms with Crippen molar-refractivity contribution in [1.82, 2.24) is 10.6 Å². The van der Waals surface area contributed by atoms with Gasteiger partial charge in [-0.2, -0.15) is 0 Å². The molecule has 30 heavy (non-hydrogen) atoms. The zero-order chi connectivity index (χ0) is 22.5. The number of carbonyl (C=O) groups excluding carboxylic acids is 2. The van der Waals surface area contributed by atoms with Gasteiger partial charge in [0.25, 0.3) is 0 Å². The van der Waals surface area contributed by atoms with Gasteiger partial charge in [-0.15, -0.1) is 0 Å². The predicted molar refractivity (Wildman–Crippen MR) is 112 cm³/mol. The highest BCUT2D eigenvalue weighted by atomic mass is 16.6. The zero-order valence-corrected chi connectivity index (χ0v) is 18.1. The van der Waals surface area contributed by atoms with E-state index in [0.29, 0.717) is 13.0 Å². The van der Waals surface area contributed by atoms with Gasteiger partial charge in [0.15, 0.2) is 0 Å². The number of hydrogen-bond donors (Lipinski definition) is 3. The van der Waals surface area contributed by atoms with Crippen LogP contribution < -0.4 is 15.4 Å². The third kappa shape index (κ3) is 6.79. The van der Waals surface area contributed by atoms with E-state index in [1.54, 1.807) is 20.8 Å². The van der Waals surface area contributed by atoms with Gasteiger partial charge in [-0.25, -0.2) is 9.59 Å². The van der Waals surface area contributed by atoms with Crippen LogP contribution in [0.2, 0.25) is 0 Å². The van der Waals surface area contributed by atoms with Crippen LogP contribution in [0.4, 0.5) is 4.79 Å². The Bertz CT molecular complexity index is 838. The topological polar surface area (TPSA) is 114 Å². The number of amides is 2. The van der Waals surface area contributed by atoms with Gasteiger partial charge in [-0.1, -0.05) is 29.8 Å². The van der Waals surface area contributed by atoms with Crippen LogP contribution in [0.25, 0.3) is 6.08 Å². The Labute approximate surface area is 176 Å². The smallest absolute Gasteiger partial charge is 0.408 e. The second kappa shape index (κ2) is 9.19. The molecular weight excluding hydrogens is 388 g/mol. The van der Waals surface area contributed by atoms with Crippen LogP contribution in [0.3, 0.4) is 0 Å². The number of benzene rings is 1. The lowest BCUT2D eigenvalue weighted by molar-refractivity contribution is -0.142. The van der Waals surface area contributed by atoms with E-state index in [0.717, 1.165) is 16.9 Å². The predicted octanol–water partition coefficient (Wildman–Crippen LogP) is 3.12. The molecule has 1 aromatic rings. The molecule has 1 unspecified atom stereocenters. The summed E-state index contributed by atoms with van der Waals surface area (Å²) in [5.41, 5.74) is -0.355. The largest absolute Gasteiger partial charge is 0.493 e. The number of carboxylic acid groups (broad SMARTS) is 1. The maximum absolute atomic E-state index is 12.7. The van der Waals surface area contributed by atoms with E-state index >= 15 is 0 Å². The van der Waals surface area contributed by atoms with Crippen LogP contribution in [0, 0.1) is 0 Å². The normalized spacial score (nSPS) is 14.9. The van der Waals surface area contributed by atoms with Gasteiger partial charge in [-0.05, 0) is 47.1 Å². The average Bonchev–Trinajstić information content (AvgIpc) is 2.80. The number of carboxylic acids is 1. The van der Waals surface area contributed by atoms with Crippen molar-refractivity contribution in [3.8, 4) is 5.75 Å². The molecule has 2 amide bonds. The molecule has 8 heteroatoms. The van der Waals surface area contributed by atoms with E-state index in [1.165, 1.54) is 13.8 Å². The fourth-order valence-corrected chi connectivity index (χ4v) is 2.89. The molecule has 0 bridgehead atoms. The van der Waals surface area contributed by atoms with Crippen LogP contribution in [-0.4, -0.2) is 46.9 Å². The number of nitrogens with one attached hydrogen (secondary N) is 2. The summed E-state index contributed by atoms with van der Waals surface area (Å²) in [5.74, 6) is -1.03. The zero-order valence-electron chi connectivity index (χ0n) is 18.1. The van der Waals surface area contributed by atoms with Gasteiger partial charge < -0.3 is 25.2 Å². The first kappa shape index (κ1) is 23.3. The third-order valence-electron chi connectivity index (χ3n) is 4.41. The van der Waals surface area contributed by atoms with Gasteiger partial charge in [-0.3, -0.25) is 4.79 Å². The minimum Gasteiger partial charge on any atom is -0.493 e. The summed E-state index contributed by atoms with van der Waals surface area (Å²) >= 11 is 0. The summed E-state index contributed by atoms with van der Waals surface area (Å²) in [6.07, 6.45) is 1.82. The maximum atomic E-state index is 12.7. The van der Waals surface area contributed by atoms with Crippen molar-refractivity contribution in [2.24, 2.45) is 0 Å². The standard InChI is InChI=1S/C22H30N2O6/c1-21(2,3)30-20(28)24-22(4,5)19(27)23-16(18(25)26)13-14-10-11-29-17-9-7-6-8-15(17)12-14/h6-9,12,16H,10-11,13H2,1-5H3,(H,23,27)(H,24,28)(H,25,26). The molecule has 1 heterocycles. The number of aliphatic carboxylic acids is 1. The van der Waals surface area contributed by atoms with Crippen LogP contribution in [0.15, 0.2) is 29.8 Å². The van der Waals surface area contributed by atoms with Crippen molar-refractivity contribution in [2.75, 3.05) is 6.61 Å². The van der Waals surface area contributed by atoms with E-state index in [-0.39, 0.29) is 6.42 Å². The van der Waals surface area contributed by atoms with Crippen molar-refractivity contribution in [2.45, 2.75) is 64.6 Å². The van der Waals surface area contributed by atoms with Crippen LogP contribution >= 0.6 is 0 Å². The number of fused-ring (bicyclic) bond motifs is 1. The summed E-state index contributed by atoms with van der Waals surface area (Å²) in [4.78, 5) is 36.5. The van der Waals surface area contributed by atoms with Gasteiger partial charge in [0, 0.05) is 12.0 Å². The second-order valence-electron chi connectivity index (χ2n) is 8.76. The van der Waals surface area contributed by atoms with E-state index in [9.17, 15) is 19.5 Å². The number of hydrogen-bond acceptors (Lipinski definition) is 5. The molecule has 2 rings (SSSR count). The van der Waals surface area contributed by atoms with Crippen molar-refractivity contribution >= 4 is 24.0 Å². The van der Waals surface area contributed by atoms with Crippen LogP contribution in [0.1, 0.15) is 53.0 Å². The molecule has 1 aromatic carbocycles. The summed E-state index contributed by atoms with van der Waals surface area (Å²) in [6.45, 7) is 8.53. The first-order chi connectivity index (χ1) is 13.9. The Morgan fingerprint density at radius 1 is 1.17 bits per heavy atom. The number of ether oxygens (including phenoxy) is 2. The lowest BCUT2D eigenvalue weighted by Crippen LogP contribution is -2.58. The first-order valence-electron chi connectivity index (χ1n) is 9.83. The Hall–Kier alpha value is -3.03.